The third kappa shape index (κ3) is 5.08. The van der Waals surface area contributed by atoms with Crippen LogP contribution in [0.5, 0.6) is 0 Å². The molecule has 1 rings (SSSR count). The molecular formula is C13H19N3O5S. The molecule has 0 saturated heterocycles. The lowest BCUT2D eigenvalue weighted by molar-refractivity contribution is -0.138. The highest BCUT2D eigenvalue weighted by Crippen LogP contribution is 2.12. The Kier molecular flexibility index (Phi) is 6.44. The SMILES string of the molecule is CN(CCCC(=O)O)C(=O)CN(C)S(=O)(=O)c1cccnc1. The minimum absolute atomic E-state index is 0.0128. The number of nitrogens with zero attached hydrogens (tertiary/aromatic N) is 3. The van der Waals surface area contributed by atoms with Crippen LogP contribution in [-0.2, 0) is 19.6 Å². The first-order chi connectivity index (χ1) is 10.2. The number of carbonyl (C=O) groups is 2. The van der Waals surface area contributed by atoms with Crippen LogP contribution < -0.4 is 0 Å². The highest BCUT2D eigenvalue weighted by Gasteiger charge is 2.24. The van der Waals surface area contributed by atoms with Crippen molar-refractivity contribution >= 4 is 21.9 Å². The number of hydrogen-bond donors (Lipinski definition) is 1. The number of pyridine rings is 1. The zero-order valence-corrected chi connectivity index (χ0v) is 13.3. The van der Waals surface area contributed by atoms with Gasteiger partial charge in [-0.15, -0.1) is 0 Å². The second-order valence-electron chi connectivity index (χ2n) is 4.76. The number of carbonyl (C=O) groups excluding carboxylic acids is 1. The Morgan fingerprint density at radius 2 is 2.00 bits per heavy atom. The van der Waals surface area contributed by atoms with Crippen LogP contribution in [0.2, 0.25) is 0 Å². The van der Waals surface area contributed by atoms with Crippen molar-refractivity contribution < 1.29 is 23.1 Å². The maximum atomic E-state index is 12.2. The molecule has 1 amide bonds. The van der Waals surface area contributed by atoms with E-state index in [9.17, 15) is 18.0 Å². The molecule has 0 aliphatic heterocycles. The number of carboxylic acid groups (broad SMARTS) is 1. The number of amides is 1. The van der Waals surface area contributed by atoms with Gasteiger partial charge in [0.05, 0.1) is 6.54 Å². The standard InChI is InChI=1S/C13H19N3O5S/c1-15(8-4-6-13(18)19)12(17)10-16(2)22(20,21)11-5-3-7-14-9-11/h3,5,7,9H,4,6,8,10H2,1-2H3,(H,18,19). The summed E-state index contributed by atoms with van der Waals surface area (Å²) in [5, 5.41) is 8.55. The monoisotopic (exact) mass is 329 g/mol. The van der Waals surface area contributed by atoms with Crippen LogP contribution in [0.3, 0.4) is 0 Å². The van der Waals surface area contributed by atoms with Crippen LogP contribution in [0.1, 0.15) is 12.8 Å². The molecule has 9 heteroatoms. The fraction of sp³-hybridized carbons (Fsp3) is 0.462. The van der Waals surface area contributed by atoms with Crippen LogP contribution in [-0.4, -0.2) is 66.8 Å². The molecule has 0 atom stereocenters. The van der Waals surface area contributed by atoms with Crippen LogP contribution >= 0.6 is 0 Å². The van der Waals surface area contributed by atoms with Gasteiger partial charge in [-0.2, -0.15) is 4.31 Å². The Bertz CT molecular complexity index is 618. The molecule has 0 aliphatic carbocycles. The average molecular weight is 329 g/mol. The summed E-state index contributed by atoms with van der Waals surface area (Å²) < 4.78 is 25.4. The molecule has 0 spiro atoms. The molecule has 0 aliphatic rings. The quantitative estimate of drug-likeness (QED) is 0.720. The van der Waals surface area contributed by atoms with E-state index < -0.39 is 21.9 Å². The van der Waals surface area contributed by atoms with E-state index in [1.165, 1.54) is 43.5 Å². The van der Waals surface area contributed by atoms with E-state index in [1.54, 1.807) is 0 Å². The molecule has 0 unspecified atom stereocenters. The van der Waals surface area contributed by atoms with E-state index in [-0.39, 0.29) is 24.4 Å². The van der Waals surface area contributed by atoms with Crippen molar-refractivity contribution in [1.29, 1.82) is 0 Å². The van der Waals surface area contributed by atoms with E-state index >= 15 is 0 Å². The van der Waals surface area contributed by atoms with E-state index in [0.29, 0.717) is 6.42 Å². The van der Waals surface area contributed by atoms with Gasteiger partial charge in [-0.1, -0.05) is 0 Å². The van der Waals surface area contributed by atoms with Gasteiger partial charge in [0.25, 0.3) is 0 Å². The molecule has 0 bridgehead atoms. The minimum atomic E-state index is -3.77. The zero-order valence-electron chi connectivity index (χ0n) is 12.5. The van der Waals surface area contributed by atoms with Crippen molar-refractivity contribution in [2.24, 2.45) is 0 Å². The molecular weight excluding hydrogens is 310 g/mol. The van der Waals surface area contributed by atoms with Gasteiger partial charge in [0.2, 0.25) is 15.9 Å². The summed E-state index contributed by atoms with van der Waals surface area (Å²) in [5.41, 5.74) is 0. The van der Waals surface area contributed by atoms with Gasteiger partial charge in [-0.25, -0.2) is 8.42 Å². The lowest BCUT2D eigenvalue weighted by Gasteiger charge is -2.21. The molecule has 1 N–H and O–H groups in total. The maximum absolute atomic E-state index is 12.2. The smallest absolute Gasteiger partial charge is 0.303 e. The summed E-state index contributed by atoms with van der Waals surface area (Å²) in [4.78, 5) is 27.5. The summed E-state index contributed by atoms with van der Waals surface area (Å²) in [5.74, 6) is -1.34. The predicted molar refractivity (Wildman–Crippen MR) is 78.6 cm³/mol. The summed E-state index contributed by atoms with van der Waals surface area (Å²) in [6.45, 7) is -0.0628. The van der Waals surface area contributed by atoms with E-state index in [2.05, 4.69) is 4.98 Å². The second-order valence-corrected chi connectivity index (χ2v) is 6.81. The Hall–Kier alpha value is -2.00. The van der Waals surface area contributed by atoms with Crippen molar-refractivity contribution in [3.05, 3.63) is 24.5 Å². The van der Waals surface area contributed by atoms with Crippen molar-refractivity contribution in [3.63, 3.8) is 0 Å². The number of rotatable bonds is 8. The molecule has 1 aromatic rings. The Balaban J connectivity index is 2.62. The Labute approximate surface area is 129 Å². The van der Waals surface area contributed by atoms with E-state index in [4.69, 9.17) is 5.11 Å². The van der Waals surface area contributed by atoms with Gasteiger partial charge in [-0.3, -0.25) is 14.6 Å². The van der Waals surface area contributed by atoms with Gasteiger partial charge in [0.15, 0.2) is 0 Å². The van der Waals surface area contributed by atoms with Gasteiger partial charge >= 0.3 is 5.97 Å². The van der Waals surface area contributed by atoms with E-state index in [0.717, 1.165) is 4.31 Å². The Morgan fingerprint density at radius 3 is 2.55 bits per heavy atom. The first kappa shape index (κ1) is 18.1. The van der Waals surface area contributed by atoms with Crippen LogP contribution in [0.25, 0.3) is 0 Å². The molecule has 0 fully saturated rings. The predicted octanol–water partition coefficient (Wildman–Crippen LogP) is 0.0253. The van der Waals surface area contributed by atoms with Gasteiger partial charge in [-0.05, 0) is 18.6 Å². The number of carboxylic acids is 1. The van der Waals surface area contributed by atoms with Gasteiger partial charge in [0, 0.05) is 39.5 Å². The van der Waals surface area contributed by atoms with Crippen molar-refractivity contribution in [2.75, 3.05) is 27.2 Å². The molecule has 1 heterocycles. The lowest BCUT2D eigenvalue weighted by Crippen LogP contribution is -2.39. The Morgan fingerprint density at radius 1 is 1.32 bits per heavy atom. The van der Waals surface area contributed by atoms with Crippen molar-refractivity contribution in [1.82, 2.24) is 14.2 Å². The largest absolute Gasteiger partial charge is 0.481 e. The number of likely N-dealkylation sites (N-methyl/N-ethyl adjacent to an activating group) is 2. The lowest BCUT2D eigenvalue weighted by atomic mass is 10.3. The highest BCUT2D eigenvalue weighted by molar-refractivity contribution is 7.89. The van der Waals surface area contributed by atoms with Gasteiger partial charge < -0.3 is 10.0 Å². The van der Waals surface area contributed by atoms with Crippen molar-refractivity contribution in [3.8, 4) is 0 Å². The summed E-state index contributed by atoms with van der Waals surface area (Å²) >= 11 is 0. The highest BCUT2D eigenvalue weighted by atomic mass is 32.2. The molecule has 0 aromatic carbocycles. The molecule has 0 radical (unpaired) electrons. The summed E-state index contributed by atoms with van der Waals surface area (Å²) in [7, 11) is -0.953. The van der Waals surface area contributed by atoms with Gasteiger partial charge in [0.1, 0.15) is 4.90 Å². The summed E-state index contributed by atoms with van der Waals surface area (Å²) in [6, 6.07) is 2.90. The minimum Gasteiger partial charge on any atom is -0.481 e. The van der Waals surface area contributed by atoms with Crippen LogP contribution in [0.15, 0.2) is 29.4 Å². The van der Waals surface area contributed by atoms with Crippen LogP contribution in [0, 0.1) is 0 Å². The third-order valence-corrected chi connectivity index (χ3v) is 4.80. The second kappa shape index (κ2) is 7.85. The summed E-state index contributed by atoms with van der Waals surface area (Å²) in [6.07, 6.45) is 2.95. The fourth-order valence-electron chi connectivity index (χ4n) is 1.67. The first-order valence-corrected chi connectivity index (χ1v) is 8.01. The van der Waals surface area contributed by atoms with E-state index in [1.807, 2.05) is 0 Å². The molecule has 8 nitrogen and oxygen atoms in total. The first-order valence-electron chi connectivity index (χ1n) is 6.57. The molecule has 22 heavy (non-hydrogen) atoms. The van der Waals surface area contributed by atoms with Crippen molar-refractivity contribution in [2.45, 2.75) is 17.7 Å². The normalized spacial score (nSPS) is 11.4. The maximum Gasteiger partial charge on any atom is 0.303 e. The van der Waals surface area contributed by atoms with Crippen LogP contribution in [0.4, 0.5) is 0 Å². The third-order valence-electron chi connectivity index (χ3n) is 3.01. The zero-order chi connectivity index (χ0) is 16.8. The molecule has 0 saturated carbocycles. The number of aromatic nitrogens is 1. The number of sulfonamides is 1. The molecule has 122 valence electrons. The average Bonchev–Trinajstić information content (AvgIpc) is 2.47. The number of hydrogen-bond acceptors (Lipinski definition) is 5. The topological polar surface area (TPSA) is 108 Å². The number of aliphatic carboxylic acids is 1. The molecule has 1 aromatic heterocycles. The fourth-order valence-corrected chi connectivity index (χ4v) is 2.75.